The minimum Gasteiger partial charge on any atom is -0.314 e. The van der Waals surface area contributed by atoms with Crippen molar-refractivity contribution >= 4 is 27.2 Å². The van der Waals surface area contributed by atoms with Crippen molar-refractivity contribution in [1.29, 1.82) is 0 Å². The van der Waals surface area contributed by atoms with Gasteiger partial charge >= 0.3 is 0 Å². The lowest BCUT2D eigenvalue weighted by molar-refractivity contribution is 1.04. The first-order chi connectivity index (χ1) is 12.7. The van der Waals surface area contributed by atoms with Crippen LogP contribution in [0.2, 0.25) is 0 Å². The monoisotopic (exact) mass is 337 g/mol. The summed E-state index contributed by atoms with van der Waals surface area (Å²) in [6.45, 7) is 10.4. The molecule has 0 aliphatic carbocycles. The highest BCUT2D eigenvalue weighted by atomic mass is 15.0. The van der Waals surface area contributed by atoms with Crippen molar-refractivity contribution in [3.05, 3.63) is 96.2 Å². The molecule has 0 aliphatic heterocycles. The van der Waals surface area contributed by atoms with E-state index in [1.807, 2.05) is 13.0 Å². The number of benzene rings is 3. The smallest absolute Gasteiger partial charge is 0.0540 e. The fourth-order valence-corrected chi connectivity index (χ4v) is 3.91. The summed E-state index contributed by atoms with van der Waals surface area (Å²) in [6, 6.07) is 21.8. The van der Waals surface area contributed by atoms with Gasteiger partial charge in [-0.15, -0.1) is 0 Å². The van der Waals surface area contributed by atoms with Crippen LogP contribution in [-0.4, -0.2) is 4.57 Å². The third-order valence-corrected chi connectivity index (χ3v) is 5.39. The van der Waals surface area contributed by atoms with Crippen LogP contribution in [0.4, 0.5) is 0 Å². The van der Waals surface area contributed by atoms with Gasteiger partial charge in [-0.25, -0.2) is 0 Å². The van der Waals surface area contributed by atoms with Gasteiger partial charge in [0.1, 0.15) is 0 Å². The molecule has 128 valence electrons. The zero-order chi connectivity index (χ0) is 18.3. The molecule has 0 fully saturated rings. The number of fused-ring (bicyclic) bond motifs is 3. The molecule has 1 heteroatoms. The van der Waals surface area contributed by atoms with E-state index in [-0.39, 0.29) is 0 Å². The molecule has 0 amide bonds. The molecule has 1 heterocycles. The summed E-state index contributed by atoms with van der Waals surface area (Å²) in [5, 5.41) is 3.97. The summed E-state index contributed by atoms with van der Waals surface area (Å²) in [4.78, 5) is 0. The molecule has 0 saturated carbocycles. The second-order valence-electron chi connectivity index (χ2n) is 6.72. The minimum absolute atomic E-state index is 1.16. The first-order valence-electron chi connectivity index (χ1n) is 9.04. The van der Waals surface area contributed by atoms with Crippen molar-refractivity contribution in [2.24, 2.45) is 0 Å². The molecule has 0 atom stereocenters. The van der Waals surface area contributed by atoms with Crippen LogP contribution in [0, 0.1) is 13.8 Å². The van der Waals surface area contributed by atoms with Gasteiger partial charge in [0.15, 0.2) is 0 Å². The van der Waals surface area contributed by atoms with Gasteiger partial charge in [-0.05, 0) is 66.4 Å². The maximum atomic E-state index is 3.90. The van der Waals surface area contributed by atoms with E-state index in [4.69, 9.17) is 0 Å². The number of allylic oxidation sites excluding steroid dienone is 3. The van der Waals surface area contributed by atoms with Crippen molar-refractivity contribution in [3.63, 3.8) is 0 Å². The van der Waals surface area contributed by atoms with Crippen molar-refractivity contribution in [3.8, 4) is 5.69 Å². The predicted molar refractivity (Wildman–Crippen MR) is 114 cm³/mol. The SMILES string of the molecule is C=C/C(=C\C)c1ccc(-n2c(C)c(C)c3c4ccccc4ccc32)cc1. The Morgan fingerprint density at radius 3 is 2.35 bits per heavy atom. The van der Waals surface area contributed by atoms with E-state index in [1.165, 1.54) is 44.2 Å². The molecule has 4 rings (SSSR count). The van der Waals surface area contributed by atoms with Crippen molar-refractivity contribution < 1.29 is 0 Å². The first-order valence-corrected chi connectivity index (χ1v) is 9.04. The number of rotatable bonds is 3. The number of hydrogen-bond acceptors (Lipinski definition) is 0. The van der Waals surface area contributed by atoms with Crippen molar-refractivity contribution in [1.82, 2.24) is 4.57 Å². The highest BCUT2D eigenvalue weighted by molar-refractivity contribution is 6.09. The lowest BCUT2D eigenvalue weighted by Gasteiger charge is -2.10. The molecule has 0 unspecified atom stereocenters. The van der Waals surface area contributed by atoms with Crippen LogP contribution in [-0.2, 0) is 0 Å². The normalized spacial score (nSPS) is 12.0. The van der Waals surface area contributed by atoms with Gasteiger partial charge in [0.25, 0.3) is 0 Å². The van der Waals surface area contributed by atoms with Crippen LogP contribution in [0.5, 0.6) is 0 Å². The molecular formula is C25H23N. The van der Waals surface area contributed by atoms with E-state index in [0.29, 0.717) is 0 Å². The average Bonchev–Trinajstić information content (AvgIpc) is 2.94. The molecule has 0 N–H and O–H groups in total. The molecule has 1 nitrogen and oxygen atoms in total. The molecule has 0 radical (unpaired) electrons. The fourth-order valence-electron chi connectivity index (χ4n) is 3.91. The van der Waals surface area contributed by atoms with Crippen LogP contribution in [0.3, 0.4) is 0 Å². The summed E-state index contributed by atoms with van der Waals surface area (Å²) < 4.78 is 2.37. The second kappa shape index (κ2) is 6.34. The predicted octanol–water partition coefficient (Wildman–Crippen LogP) is 6.99. The Morgan fingerprint density at radius 2 is 1.65 bits per heavy atom. The molecule has 0 aliphatic rings. The van der Waals surface area contributed by atoms with E-state index in [2.05, 4.69) is 91.7 Å². The summed E-state index contributed by atoms with van der Waals surface area (Å²) in [6.07, 6.45) is 4.00. The van der Waals surface area contributed by atoms with Gasteiger partial charge in [-0.2, -0.15) is 0 Å². The number of aryl methyl sites for hydroxylation is 1. The Labute approximate surface area is 154 Å². The van der Waals surface area contributed by atoms with Crippen LogP contribution in [0.15, 0.2) is 79.4 Å². The molecule has 0 saturated heterocycles. The fraction of sp³-hybridized carbons (Fsp3) is 0.120. The highest BCUT2D eigenvalue weighted by Gasteiger charge is 2.14. The van der Waals surface area contributed by atoms with Gasteiger partial charge < -0.3 is 4.57 Å². The Bertz CT molecular complexity index is 1150. The van der Waals surface area contributed by atoms with Gasteiger partial charge in [0.2, 0.25) is 0 Å². The zero-order valence-corrected chi connectivity index (χ0v) is 15.6. The molecule has 3 aromatic carbocycles. The Balaban J connectivity index is 1.96. The second-order valence-corrected chi connectivity index (χ2v) is 6.72. The molecule has 1 aromatic heterocycles. The third kappa shape index (κ3) is 2.40. The molecule has 26 heavy (non-hydrogen) atoms. The number of hydrogen-bond donors (Lipinski definition) is 0. The van der Waals surface area contributed by atoms with E-state index < -0.39 is 0 Å². The van der Waals surface area contributed by atoms with Gasteiger partial charge in [0, 0.05) is 16.8 Å². The van der Waals surface area contributed by atoms with Crippen molar-refractivity contribution in [2.75, 3.05) is 0 Å². The van der Waals surface area contributed by atoms with E-state index in [1.54, 1.807) is 0 Å². The summed E-state index contributed by atoms with van der Waals surface area (Å²) in [7, 11) is 0. The molecular weight excluding hydrogens is 314 g/mol. The van der Waals surface area contributed by atoms with E-state index >= 15 is 0 Å². The third-order valence-electron chi connectivity index (χ3n) is 5.39. The first kappa shape index (κ1) is 16.4. The van der Waals surface area contributed by atoms with Gasteiger partial charge in [-0.1, -0.05) is 61.2 Å². The van der Waals surface area contributed by atoms with Crippen LogP contribution in [0.25, 0.3) is 32.9 Å². The zero-order valence-electron chi connectivity index (χ0n) is 15.6. The maximum Gasteiger partial charge on any atom is 0.0540 e. The standard InChI is InChI=1S/C25H23N/c1-5-19(6-2)20-11-14-22(15-12-20)26-18(4)17(3)25-23-10-8-7-9-21(23)13-16-24(25)26/h5-16H,1H2,2-4H3/b19-6+. The largest absolute Gasteiger partial charge is 0.314 e. The summed E-state index contributed by atoms with van der Waals surface area (Å²) in [5.74, 6) is 0. The highest BCUT2D eigenvalue weighted by Crippen LogP contribution is 2.34. The van der Waals surface area contributed by atoms with Gasteiger partial charge in [-0.3, -0.25) is 0 Å². The Hall–Kier alpha value is -3.06. The Morgan fingerprint density at radius 1 is 0.923 bits per heavy atom. The molecule has 0 bridgehead atoms. The quantitative estimate of drug-likeness (QED) is 0.355. The molecule has 0 spiro atoms. The average molecular weight is 337 g/mol. The van der Waals surface area contributed by atoms with E-state index in [0.717, 1.165) is 5.57 Å². The van der Waals surface area contributed by atoms with Crippen LogP contribution < -0.4 is 0 Å². The lowest BCUT2D eigenvalue weighted by atomic mass is 10.0. The van der Waals surface area contributed by atoms with Gasteiger partial charge in [0.05, 0.1) is 5.52 Å². The van der Waals surface area contributed by atoms with Crippen LogP contribution >= 0.6 is 0 Å². The van der Waals surface area contributed by atoms with Crippen LogP contribution in [0.1, 0.15) is 23.7 Å². The lowest BCUT2D eigenvalue weighted by Crippen LogP contribution is -1.97. The minimum atomic E-state index is 1.16. The van der Waals surface area contributed by atoms with E-state index in [9.17, 15) is 0 Å². The topological polar surface area (TPSA) is 4.93 Å². The number of aromatic nitrogens is 1. The number of nitrogens with zero attached hydrogens (tertiary/aromatic N) is 1. The van der Waals surface area contributed by atoms with Crippen molar-refractivity contribution in [2.45, 2.75) is 20.8 Å². The summed E-state index contributed by atoms with van der Waals surface area (Å²) >= 11 is 0. The maximum absolute atomic E-state index is 3.90. The summed E-state index contributed by atoms with van der Waals surface area (Å²) in [5.41, 5.74) is 7.45. The Kier molecular flexibility index (Phi) is 4.00. The molecule has 4 aromatic rings.